The van der Waals surface area contributed by atoms with Crippen molar-refractivity contribution in [3.8, 4) is 5.75 Å². The van der Waals surface area contributed by atoms with E-state index in [9.17, 15) is 4.79 Å². The average molecular weight is 249 g/mol. The summed E-state index contributed by atoms with van der Waals surface area (Å²) in [6.07, 6.45) is 3.37. The van der Waals surface area contributed by atoms with Crippen molar-refractivity contribution in [3.63, 3.8) is 0 Å². The van der Waals surface area contributed by atoms with Crippen LogP contribution in [0.3, 0.4) is 0 Å². The van der Waals surface area contributed by atoms with E-state index in [1.165, 1.54) is 0 Å². The van der Waals surface area contributed by atoms with E-state index >= 15 is 0 Å². The highest BCUT2D eigenvalue weighted by Gasteiger charge is 2.24. The molecule has 0 saturated carbocycles. The normalized spacial score (nSPS) is 23.4. The molecule has 2 N–H and O–H groups in total. The summed E-state index contributed by atoms with van der Waals surface area (Å²) in [5.74, 6) is 1.35. The molecular formula is C13H19N3O2. The van der Waals surface area contributed by atoms with Gasteiger partial charge in [0.1, 0.15) is 11.6 Å². The maximum absolute atomic E-state index is 12.1. The number of ether oxygens (including phenoxy) is 1. The van der Waals surface area contributed by atoms with Gasteiger partial charge in [0.05, 0.1) is 7.11 Å². The molecule has 0 aliphatic carbocycles. The van der Waals surface area contributed by atoms with Gasteiger partial charge in [-0.1, -0.05) is 0 Å². The van der Waals surface area contributed by atoms with Gasteiger partial charge in [0, 0.05) is 24.2 Å². The van der Waals surface area contributed by atoms with E-state index in [1.807, 2.05) is 0 Å². The molecular weight excluding hydrogens is 230 g/mol. The molecule has 1 aromatic heterocycles. The summed E-state index contributed by atoms with van der Waals surface area (Å²) in [6, 6.07) is 3.87. The van der Waals surface area contributed by atoms with E-state index in [0.717, 1.165) is 19.4 Å². The molecule has 0 bridgehead atoms. The van der Waals surface area contributed by atoms with Crippen LogP contribution in [0.25, 0.3) is 0 Å². The van der Waals surface area contributed by atoms with Gasteiger partial charge in [-0.15, -0.1) is 0 Å². The number of piperidine rings is 1. The van der Waals surface area contributed by atoms with E-state index < -0.39 is 0 Å². The molecule has 1 aromatic rings. The lowest BCUT2D eigenvalue weighted by molar-refractivity contribution is -0.120. The topological polar surface area (TPSA) is 63.2 Å². The Morgan fingerprint density at radius 2 is 2.44 bits per heavy atom. The molecule has 1 fully saturated rings. The van der Waals surface area contributed by atoms with Crippen LogP contribution in [-0.4, -0.2) is 30.6 Å². The highest BCUT2D eigenvalue weighted by Crippen LogP contribution is 2.19. The summed E-state index contributed by atoms with van der Waals surface area (Å²) in [5, 5.41) is 6.18. The van der Waals surface area contributed by atoms with Gasteiger partial charge in [0.25, 0.3) is 0 Å². The second kappa shape index (κ2) is 5.82. The van der Waals surface area contributed by atoms with E-state index in [-0.39, 0.29) is 11.8 Å². The van der Waals surface area contributed by atoms with Crippen molar-refractivity contribution in [1.82, 2.24) is 10.3 Å². The minimum absolute atomic E-state index is 0.0455. The third-order valence-corrected chi connectivity index (χ3v) is 3.21. The second-order valence-electron chi connectivity index (χ2n) is 4.65. The van der Waals surface area contributed by atoms with Gasteiger partial charge < -0.3 is 15.4 Å². The van der Waals surface area contributed by atoms with Crippen molar-refractivity contribution in [2.24, 2.45) is 5.92 Å². The largest absolute Gasteiger partial charge is 0.497 e. The number of carbonyl (C=O) groups is 1. The predicted molar refractivity (Wildman–Crippen MR) is 69.6 cm³/mol. The summed E-state index contributed by atoms with van der Waals surface area (Å²) < 4.78 is 5.10. The molecule has 2 atom stereocenters. The molecule has 0 radical (unpaired) electrons. The van der Waals surface area contributed by atoms with Crippen molar-refractivity contribution < 1.29 is 9.53 Å². The molecule has 0 spiro atoms. The zero-order valence-electron chi connectivity index (χ0n) is 10.8. The molecule has 0 unspecified atom stereocenters. The van der Waals surface area contributed by atoms with Crippen molar-refractivity contribution in [1.29, 1.82) is 0 Å². The molecule has 98 valence electrons. The Morgan fingerprint density at radius 3 is 3.17 bits per heavy atom. The zero-order chi connectivity index (χ0) is 13.0. The number of carbonyl (C=O) groups excluding carboxylic acids is 1. The van der Waals surface area contributed by atoms with Crippen LogP contribution >= 0.6 is 0 Å². The van der Waals surface area contributed by atoms with Crippen LogP contribution in [0.2, 0.25) is 0 Å². The Morgan fingerprint density at radius 1 is 1.61 bits per heavy atom. The first-order valence-corrected chi connectivity index (χ1v) is 6.23. The van der Waals surface area contributed by atoms with Crippen LogP contribution in [0.4, 0.5) is 5.82 Å². The fourth-order valence-corrected chi connectivity index (χ4v) is 2.20. The molecule has 2 heterocycles. The van der Waals surface area contributed by atoms with Crippen molar-refractivity contribution in [3.05, 3.63) is 18.3 Å². The highest BCUT2D eigenvalue weighted by atomic mass is 16.5. The number of rotatable bonds is 3. The molecule has 5 heteroatoms. The number of hydrogen-bond acceptors (Lipinski definition) is 4. The number of aromatic nitrogens is 1. The fraction of sp³-hybridized carbons (Fsp3) is 0.538. The number of amides is 1. The van der Waals surface area contributed by atoms with Crippen LogP contribution in [0.5, 0.6) is 5.75 Å². The monoisotopic (exact) mass is 249 g/mol. The smallest absolute Gasteiger partial charge is 0.228 e. The first-order valence-electron chi connectivity index (χ1n) is 6.23. The quantitative estimate of drug-likeness (QED) is 0.850. The van der Waals surface area contributed by atoms with Gasteiger partial charge in [0.15, 0.2) is 0 Å². The van der Waals surface area contributed by atoms with Crippen LogP contribution < -0.4 is 15.4 Å². The van der Waals surface area contributed by atoms with Crippen molar-refractivity contribution in [2.45, 2.75) is 25.8 Å². The van der Waals surface area contributed by atoms with Crippen LogP contribution in [-0.2, 0) is 4.79 Å². The van der Waals surface area contributed by atoms with Gasteiger partial charge in [-0.05, 0) is 32.4 Å². The van der Waals surface area contributed by atoms with E-state index in [1.54, 1.807) is 25.4 Å². The molecule has 1 saturated heterocycles. The van der Waals surface area contributed by atoms with Gasteiger partial charge in [0.2, 0.25) is 5.91 Å². The minimum atomic E-state index is 0.0455. The lowest BCUT2D eigenvalue weighted by atomic mass is 9.92. The summed E-state index contributed by atoms with van der Waals surface area (Å²) in [6.45, 7) is 2.99. The number of pyridine rings is 1. The molecule has 5 nitrogen and oxygen atoms in total. The first kappa shape index (κ1) is 12.8. The molecule has 1 aliphatic rings. The van der Waals surface area contributed by atoms with Gasteiger partial charge in [-0.2, -0.15) is 0 Å². The SMILES string of the molecule is COc1ccnc(NC(=O)[C@H]2CCN[C@@H](C)C2)c1. The summed E-state index contributed by atoms with van der Waals surface area (Å²) >= 11 is 0. The number of methoxy groups -OCH3 is 1. The number of hydrogen-bond donors (Lipinski definition) is 2. The van der Waals surface area contributed by atoms with Crippen molar-refractivity contribution >= 4 is 11.7 Å². The third kappa shape index (κ3) is 3.20. The van der Waals surface area contributed by atoms with Crippen LogP contribution in [0.15, 0.2) is 18.3 Å². The zero-order valence-corrected chi connectivity index (χ0v) is 10.8. The predicted octanol–water partition coefficient (Wildman–Crippen LogP) is 1.42. The highest BCUT2D eigenvalue weighted by molar-refractivity contribution is 5.91. The average Bonchev–Trinajstić information content (AvgIpc) is 2.39. The lowest BCUT2D eigenvalue weighted by Gasteiger charge is -2.26. The van der Waals surface area contributed by atoms with Crippen LogP contribution in [0, 0.1) is 5.92 Å². The van der Waals surface area contributed by atoms with E-state index in [2.05, 4.69) is 22.5 Å². The maximum atomic E-state index is 12.1. The third-order valence-electron chi connectivity index (χ3n) is 3.21. The Hall–Kier alpha value is -1.62. The number of nitrogens with zero attached hydrogens (tertiary/aromatic N) is 1. The summed E-state index contributed by atoms with van der Waals surface area (Å²) in [5.41, 5.74) is 0. The molecule has 0 aromatic carbocycles. The van der Waals surface area contributed by atoms with E-state index in [4.69, 9.17) is 4.74 Å². The summed E-state index contributed by atoms with van der Waals surface area (Å²) in [4.78, 5) is 16.2. The van der Waals surface area contributed by atoms with Crippen molar-refractivity contribution in [2.75, 3.05) is 19.0 Å². The van der Waals surface area contributed by atoms with Gasteiger partial charge >= 0.3 is 0 Å². The Balaban J connectivity index is 1.97. The van der Waals surface area contributed by atoms with Crippen LogP contribution in [0.1, 0.15) is 19.8 Å². The summed E-state index contributed by atoms with van der Waals surface area (Å²) in [7, 11) is 1.59. The molecule has 1 amide bonds. The molecule has 2 rings (SSSR count). The Labute approximate surface area is 107 Å². The first-order chi connectivity index (χ1) is 8.69. The second-order valence-corrected chi connectivity index (χ2v) is 4.65. The Kier molecular flexibility index (Phi) is 4.15. The molecule has 18 heavy (non-hydrogen) atoms. The standard InChI is InChI=1S/C13H19N3O2/c1-9-7-10(3-5-14-9)13(17)16-12-8-11(18-2)4-6-15-12/h4,6,8-10,14H,3,5,7H2,1-2H3,(H,15,16,17)/t9-,10-/m0/s1. The number of nitrogens with one attached hydrogen (secondary N) is 2. The molecule has 1 aliphatic heterocycles. The van der Waals surface area contributed by atoms with E-state index in [0.29, 0.717) is 17.6 Å². The van der Waals surface area contributed by atoms with Gasteiger partial charge in [-0.3, -0.25) is 4.79 Å². The fourth-order valence-electron chi connectivity index (χ4n) is 2.20. The minimum Gasteiger partial charge on any atom is -0.497 e. The number of anilines is 1. The van der Waals surface area contributed by atoms with Gasteiger partial charge in [-0.25, -0.2) is 4.98 Å². The lowest BCUT2D eigenvalue weighted by Crippen LogP contribution is -2.40. The maximum Gasteiger partial charge on any atom is 0.228 e. The Bertz CT molecular complexity index is 422.